The van der Waals surface area contributed by atoms with Gasteiger partial charge in [0.25, 0.3) is 0 Å². The summed E-state index contributed by atoms with van der Waals surface area (Å²) in [5.74, 6) is 3.48. The minimum absolute atomic E-state index is 0.631. The molecule has 0 aliphatic carbocycles. The number of ether oxygens (including phenoxy) is 3. The van der Waals surface area contributed by atoms with Crippen LogP contribution in [0.15, 0.2) is 18.2 Å². The second-order valence-electron chi connectivity index (χ2n) is 5.85. The van der Waals surface area contributed by atoms with Crippen molar-refractivity contribution in [2.75, 3.05) is 20.3 Å². The molecular formula is C17H28O3. The lowest BCUT2D eigenvalue weighted by atomic mass is 10.1. The molecule has 0 aliphatic heterocycles. The lowest BCUT2D eigenvalue weighted by Gasteiger charge is -2.16. The molecule has 3 heteroatoms. The quantitative estimate of drug-likeness (QED) is 0.664. The molecule has 0 unspecified atom stereocenters. The van der Waals surface area contributed by atoms with Gasteiger partial charge in [-0.3, -0.25) is 0 Å². The number of hydrogen-bond acceptors (Lipinski definition) is 3. The summed E-state index contributed by atoms with van der Waals surface area (Å²) < 4.78 is 17.0. The van der Waals surface area contributed by atoms with Crippen LogP contribution in [0.1, 0.15) is 40.5 Å². The van der Waals surface area contributed by atoms with E-state index in [4.69, 9.17) is 14.2 Å². The Kier molecular flexibility index (Phi) is 7.27. The van der Waals surface area contributed by atoms with E-state index < -0.39 is 0 Å². The average molecular weight is 280 g/mol. The summed E-state index contributed by atoms with van der Waals surface area (Å²) in [6.07, 6.45) is 2.06. The van der Waals surface area contributed by atoms with E-state index in [1.54, 1.807) is 7.11 Å². The Morgan fingerprint density at radius 3 is 1.65 bits per heavy atom. The Morgan fingerprint density at radius 2 is 1.30 bits per heavy atom. The molecule has 0 N–H and O–H groups in total. The molecule has 1 rings (SSSR count). The lowest BCUT2D eigenvalue weighted by Crippen LogP contribution is -2.05. The molecule has 1 aromatic carbocycles. The maximum Gasteiger partial charge on any atom is 0.203 e. The molecule has 0 amide bonds. The van der Waals surface area contributed by atoms with Crippen molar-refractivity contribution in [3.63, 3.8) is 0 Å². The summed E-state index contributed by atoms with van der Waals surface area (Å²) >= 11 is 0. The molecule has 0 heterocycles. The third-order valence-corrected chi connectivity index (χ3v) is 3.05. The van der Waals surface area contributed by atoms with Crippen LogP contribution in [0.4, 0.5) is 0 Å². The molecule has 20 heavy (non-hydrogen) atoms. The molecule has 0 atom stereocenters. The summed E-state index contributed by atoms with van der Waals surface area (Å²) in [6, 6.07) is 5.79. The molecule has 0 saturated carbocycles. The van der Waals surface area contributed by atoms with Crippen LogP contribution < -0.4 is 14.2 Å². The first-order chi connectivity index (χ1) is 9.54. The van der Waals surface area contributed by atoms with Gasteiger partial charge in [-0.05, 0) is 36.8 Å². The first-order valence-corrected chi connectivity index (χ1v) is 7.47. The van der Waals surface area contributed by atoms with Gasteiger partial charge in [0, 0.05) is 0 Å². The highest BCUT2D eigenvalue weighted by molar-refractivity contribution is 5.51. The molecule has 0 saturated heterocycles. The molecule has 0 spiro atoms. The van der Waals surface area contributed by atoms with Crippen LogP contribution in [0.2, 0.25) is 0 Å². The van der Waals surface area contributed by atoms with Crippen molar-refractivity contribution < 1.29 is 14.2 Å². The molecule has 114 valence electrons. The standard InChI is InChI=1S/C17H28O3/c1-13(2)9-11-19-15-7-6-8-16(17(15)18-5)20-12-10-14(3)4/h6-8,13-14H,9-12H2,1-5H3. The number of hydrogen-bond donors (Lipinski definition) is 0. The number of rotatable bonds is 9. The SMILES string of the molecule is COc1c(OCCC(C)C)cccc1OCCC(C)C. The van der Waals surface area contributed by atoms with Gasteiger partial charge >= 0.3 is 0 Å². The maximum absolute atomic E-state index is 5.80. The van der Waals surface area contributed by atoms with Crippen molar-refractivity contribution >= 4 is 0 Å². The van der Waals surface area contributed by atoms with E-state index in [9.17, 15) is 0 Å². The fourth-order valence-corrected chi connectivity index (χ4v) is 1.73. The van der Waals surface area contributed by atoms with Gasteiger partial charge in [0.2, 0.25) is 5.75 Å². The number of para-hydroxylation sites is 1. The van der Waals surface area contributed by atoms with Gasteiger partial charge < -0.3 is 14.2 Å². The molecule has 1 aromatic rings. The van der Waals surface area contributed by atoms with E-state index >= 15 is 0 Å². The fraction of sp³-hybridized carbons (Fsp3) is 0.647. The summed E-state index contributed by atoms with van der Waals surface area (Å²) in [5, 5.41) is 0. The van der Waals surface area contributed by atoms with E-state index in [2.05, 4.69) is 27.7 Å². The van der Waals surface area contributed by atoms with Crippen LogP contribution in [-0.4, -0.2) is 20.3 Å². The zero-order valence-corrected chi connectivity index (χ0v) is 13.4. The zero-order chi connectivity index (χ0) is 15.0. The molecule has 0 radical (unpaired) electrons. The Morgan fingerprint density at radius 1 is 0.850 bits per heavy atom. The van der Waals surface area contributed by atoms with Gasteiger partial charge in [-0.1, -0.05) is 33.8 Å². The van der Waals surface area contributed by atoms with Crippen LogP contribution >= 0.6 is 0 Å². The second kappa shape index (κ2) is 8.72. The van der Waals surface area contributed by atoms with Crippen LogP contribution in [0.3, 0.4) is 0 Å². The Balaban J connectivity index is 2.65. The van der Waals surface area contributed by atoms with E-state index in [0.29, 0.717) is 30.8 Å². The normalized spacial score (nSPS) is 10.9. The van der Waals surface area contributed by atoms with Gasteiger partial charge in [0.15, 0.2) is 11.5 Å². The smallest absolute Gasteiger partial charge is 0.203 e. The maximum atomic E-state index is 5.80. The highest BCUT2D eigenvalue weighted by Gasteiger charge is 2.11. The first kappa shape index (κ1) is 16.7. The van der Waals surface area contributed by atoms with E-state index in [-0.39, 0.29) is 0 Å². The zero-order valence-electron chi connectivity index (χ0n) is 13.4. The highest BCUT2D eigenvalue weighted by atomic mass is 16.5. The van der Waals surface area contributed by atoms with E-state index in [1.165, 1.54) is 0 Å². The molecular weight excluding hydrogens is 252 g/mol. The van der Waals surface area contributed by atoms with Crippen molar-refractivity contribution in [3.8, 4) is 17.2 Å². The molecule has 0 aromatic heterocycles. The fourth-order valence-electron chi connectivity index (χ4n) is 1.73. The van der Waals surface area contributed by atoms with Crippen molar-refractivity contribution in [2.24, 2.45) is 11.8 Å². The topological polar surface area (TPSA) is 27.7 Å². The summed E-state index contributed by atoms with van der Waals surface area (Å²) in [4.78, 5) is 0. The van der Waals surface area contributed by atoms with Gasteiger partial charge in [0.05, 0.1) is 20.3 Å². The monoisotopic (exact) mass is 280 g/mol. The van der Waals surface area contributed by atoms with Crippen molar-refractivity contribution in [1.29, 1.82) is 0 Å². The Labute approximate surface area is 123 Å². The Bertz CT molecular complexity index is 354. The number of methoxy groups -OCH3 is 1. The van der Waals surface area contributed by atoms with Gasteiger partial charge in [-0.25, -0.2) is 0 Å². The largest absolute Gasteiger partial charge is 0.490 e. The highest BCUT2D eigenvalue weighted by Crippen LogP contribution is 2.37. The van der Waals surface area contributed by atoms with Crippen molar-refractivity contribution in [1.82, 2.24) is 0 Å². The lowest BCUT2D eigenvalue weighted by molar-refractivity contribution is 0.250. The van der Waals surface area contributed by atoms with Crippen LogP contribution in [0.5, 0.6) is 17.2 Å². The molecule has 0 aliphatic rings. The minimum Gasteiger partial charge on any atom is -0.490 e. The Hall–Kier alpha value is -1.38. The predicted octanol–water partition coefficient (Wildman–Crippen LogP) is 4.55. The second-order valence-corrected chi connectivity index (χ2v) is 5.85. The van der Waals surface area contributed by atoms with Gasteiger partial charge in [0.1, 0.15) is 0 Å². The minimum atomic E-state index is 0.631. The molecule has 0 bridgehead atoms. The molecule has 3 nitrogen and oxygen atoms in total. The third kappa shape index (κ3) is 5.72. The third-order valence-electron chi connectivity index (χ3n) is 3.05. The number of benzene rings is 1. The van der Waals surface area contributed by atoms with Crippen molar-refractivity contribution in [3.05, 3.63) is 18.2 Å². The van der Waals surface area contributed by atoms with E-state index in [1.807, 2.05) is 18.2 Å². The summed E-state index contributed by atoms with van der Waals surface area (Å²) in [6.45, 7) is 10.1. The summed E-state index contributed by atoms with van der Waals surface area (Å²) in [7, 11) is 1.65. The first-order valence-electron chi connectivity index (χ1n) is 7.47. The van der Waals surface area contributed by atoms with Crippen LogP contribution in [0, 0.1) is 11.8 Å². The van der Waals surface area contributed by atoms with E-state index in [0.717, 1.165) is 24.3 Å². The van der Waals surface area contributed by atoms with Crippen LogP contribution in [0.25, 0.3) is 0 Å². The summed E-state index contributed by atoms with van der Waals surface area (Å²) in [5.41, 5.74) is 0. The average Bonchev–Trinajstić information content (AvgIpc) is 2.38. The predicted molar refractivity (Wildman–Crippen MR) is 82.9 cm³/mol. The van der Waals surface area contributed by atoms with Gasteiger partial charge in [-0.2, -0.15) is 0 Å². The van der Waals surface area contributed by atoms with Crippen molar-refractivity contribution in [2.45, 2.75) is 40.5 Å². The van der Waals surface area contributed by atoms with Gasteiger partial charge in [-0.15, -0.1) is 0 Å². The molecule has 0 fully saturated rings. The van der Waals surface area contributed by atoms with Crippen LogP contribution in [-0.2, 0) is 0 Å².